The van der Waals surface area contributed by atoms with Crippen LogP contribution in [0.5, 0.6) is 0 Å². The Morgan fingerprint density at radius 3 is 2.25 bits per heavy atom. The highest BCUT2D eigenvalue weighted by Gasteiger charge is 2.23. The highest BCUT2D eigenvalue weighted by molar-refractivity contribution is 8.00. The normalized spacial score (nSPS) is 11.9. The standard InChI is InChI=1S/C38H28Cl2N4O3S/c39-28-16-14-27(32(40)21-28)20-34(44-36(45)26-10-5-2-6-11-26)37(46)42-29-12-7-13-31(22-29)48-35(25-8-3-1-4-9-25)38(47)43-30-17-15-24-18-19-41-33(24)23-30/h1-23,35,41H,(H,42,46)(H,43,47)(H,44,45)/b34-20+. The molecular weight excluding hydrogens is 663 g/mol. The van der Waals surface area contributed by atoms with Crippen LogP contribution in [0.4, 0.5) is 11.4 Å². The average Bonchev–Trinajstić information content (AvgIpc) is 3.57. The number of aromatic nitrogens is 1. The number of carbonyl (C=O) groups is 3. The number of anilines is 2. The van der Waals surface area contributed by atoms with Gasteiger partial charge in [0.15, 0.2) is 0 Å². The van der Waals surface area contributed by atoms with Crippen molar-refractivity contribution in [2.24, 2.45) is 0 Å². The van der Waals surface area contributed by atoms with E-state index in [1.165, 1.54) is 17.8 Å². The Morgan fingerprint density at radius 1 is 0.729 bits per heavy atom. The van der Waals surface area contributed by atoms with Gasteiger partial charge in [0.2, 0.25) is 5.91 Å². The van der Waals surface area contributed by atoms with E-state index in [1.54, 1.807) is 66.7 Å². The summed E-state index contributed by atoms with van der Waals surface area (Å²) in [6.07, 6.45) is 3.35. The maximum absolute atomic E-state index is 13.7. The third-order valence-corrected chi connectivity index (χ3v) is 9.11. The minimum Gasteiger partial charge on any atom is -0.361 e. The lowest BCUT2D eigenvalue weighted by Crippen LogP contribution is -2.30. The van der Waals surface area contributed by atoms with Crippen LogP contribution >= 0.6 is 35.0 Å². The zero-order valence-electron chi connectivity index (χ0n) is 25.2. The average molecular weight is 692 g/mol. The summed E-state index contributed by atoms with van der Waals surface area (Å²) in [5.74, 6) is -1.22. The van der Waals surface area contributed by atoms with Crippen LogP contribution in [-0.4, -0.2) is 22.7 Å². The molecule has 0 aliphatic heterocycles. The number of hydrogen-bond acceptors (Lipinski definition) is 4. The number of H-pyrrole nitrogens is 1. The van der Waals surface area contributed by atoms with Crippen molar-refractivity contribution < 1.29 is 14.4 Å². The lowest BCUT2D eigenvalue weighted by atomic mass is 10.1. The summed E-state index contributed by atoms with van der Waals surface area (Å²) >= 11 is 13.8. The molecule has 0 fully saturated rings. The fraction of sp³-hybridized carbons (Fsp3) is 0.0263. The van der Waals surface area contributed by atoms with Crippen LogP contribution in [0.1, 0.15) is 26.7 Å². The monoisotopic (exact) mass is 690 g/mol. The molecule has 0 aliphatic rings. The van der Waals surface area contributed by atoms with Crippen LogP contribution in [0, 0.1) is 0 Å². The number of aromatic amines is 1. The second kappa shape index (κ2) is 15.1. The molecule has 1 heterocycles. The first kappa shape index (κ1) is 32.7. The van der Waals surface area contributed by atoms with Crippen molar-refractivity contribution in [2.45, 2.75) is 10.1 Å². The summed E-state index contributed by atoms with van der Waals surface area (Å²) in [7, 11) is 0. The first-order valence-corrected chi connectivity index (χ1v) is 16.5. The number of halogens is 2. The highest BCUT2D eigenvalue weighted by Crippen LogP contribution is 2.37. The largest absolute Gasteiger partial charge is 0.361 e. The number of rotatable bonds is 10. The lowest BCUT2D eigenvalue weighted by molar-refractivity contribution is -0.116. The van der Waals surface area contributed by atoms with Gasteiger partial charge in [-0.3, -0.25) is 14.4 Å². The van der Waals surface area contributed by atoms with Crippen LogP contribution in [0.25, 0.3) is 17.0 Å². The fourth-order valence-electron chi connectivity index (χ4n) is 4.93. The quantitative estimate of drug-likeness (QED) is 0.0849. The third kappa shape index (κ3) is 8.16. The van der Waals surface area contributed by atoms with Gasteiger partial charge in [-0.2, -0.15) is 0 Å². The number of thioether (sulfide) groups is 1. The van der Waals surface area contributed by atoms with Gasteiger partial charge in [0.05, 0.1) is 0 Å². The first-order chi connectivity index (χ1) is 23.3. The Hall–Kier alpha value is -5.28. The molecule has 1 atom stereocenters. The van der Waals surface area contributed by atoms with E-state index < -0.39 is 17.1 Å². The van der Waals surface area contributed by atoms with E-state index in [4.69, 9.17) is 23.2 Å². The van der Waals surface area contributed by atoms with Gasteiger partial charge in [-0.05, 0) is 83.3 Å². The molecule has 0 aliphatic carbocycles. The van der Waals surface area contributed by atoms with Gasteiger partial charge in [-0.25, -0.2) is 0 Å². The molecule has 0 spiro atoms. The minimum absolute atomic E-state index is 0.0216. The van der Waals surface area contributed by atoms with Crippen molar-refractivity contribution in [3.8, 4) is 0 Å². The molecule has 0 radical (unpaired) electrons. The van der Waals surface area contributed by atoms with E-state index in [2.05, 4.69) is 20.9 Å². The molecule has 5 aromatic carbocycles. The van der Waals surface area contributed by atoms with Gasteiger partial charge in [-0.15, -0.1) is 11.8 Å². The van der Waals surface area contributed by atoms with Crippen molar-refractivity contribution in [2.75, 3.05) is 10.6 Å². The van der Waals surface area contributed by atoms with Crippen LogP contribution in [0.3, 0.4) is 0 Å². The van der Waals surface area contributed by atoms with E-state index in [-0.39, 0.29) is 11.6 Å². The summed E-state index contributed by atoms with van der Waals surface area (Å²) in [6, 6.07) is 37.8. The number of nitrogens with one attached hydrogen (secondary N) is 4. The Balaban J connectivity index is 1.24. The molecule has 1 aromatic heterocycles. The molecule has 238 valence electrons. The Morgan fingerprint density at radius 2 is 1.48 bits per heavy atom. The van der Waals surface area contributed by atoms with E-state index in [9.17, 15) is 14.4 Å². The SMILES string of the molecule is O=C(Nc1cccc(SC(C(=O)Nc2ccc3cc[nH]c3c2)c2ccccc2)c1)/C(=C\c1ccc(Cl)cc1Cl)NC(=O)c1ccccc1. The van der Waals surface area contributed by atoms with Gasteiger partial charge in [0.1, 0.15) is 10.9 Å². The summed E-state index contributed by atoms with van der Waals surface area (Å²) < 4.78 is 0. The number of benzene rings is 5. The van der Waals surface area contributed by atoms with Gasteiger partial charge >= 0.3 is 0 Å². The maximum Gasteiger partial charge on any atom is 0.272 e. The Bertz CT molecular complexity index is 2130. The molecule has 6 rings (SSSR count). The van der Waals surface area contributed by atoms with Gasteiger partial charge in [0, 0.05) is 43.6 Å². The summed E-state index contributed by atoms with van der Waals surface area (Å²) in [5, 5.41) is 9.86. The molecule has 4 N–H and O–H groups in total. The van der Waals surface area contributed by atoms with Crippen molar-refractivity contribution >= 4 is 81.0 Å². The third-order valence-electron chi connectivity index (χ3n) is 7.30. The molecule has 48 heavy (non-hydrogen) atoms. The second-order valence-corrected chi connectivity index (χ2v) is 12.7. The molecule has 10 heteroatoms. The molecule has 3 amide bonds. The topological polar surface area (TPSA) is 103 Å². The molecular formula is C38H28Cl2N4O3S. The summed E-state index contributed by atoms with van der Waals surface area (Å²) in [6.45, 7) is 0. The van der Waals surface area contributed by atoms with Crippen molar-refractivity contribution in [1.82, 2.24) is 10.3 Å². The van der Waals surface area contributed by atoms with Crippen molar-refractivity contribution in [3.05, 3.63) is 166 Å². The van der Waals surface area contributed by atoms with Crippen LogP contribution < -0.4 is 16.0 Å². The Labute approximate surface area is 291 Å². The minimum atomic E-state index is -0.593. The number of carbonyl (C=O) groups excluding carboxylic acids is 3. The van der Waals surface area contributed by atoms with Crippen molar-refractivity contribution in [3.63, 3.8) is 0 Å². The Kier molecular flexibility index (Phi) is 10.3. The van der Waals surface area contributed by atoms with E-state index in [0.29, 0.717) is 32.5 Å². The molecule has 0 bridgehead atoms. The van der Waals surface area contributed by atoms with Crippen LogP contribution in [-0.2, 0) is 9.59 Å². The molecule has 7 nitrogen and oxygen atoms in total. The lowest BCUT2D eigenvalue weighted by Gasteiger charge is -2.18. The van der Waals surface area contributed by atoms with E-state index >= 15 is 0 Å². The zero-order valence-corrected chi connectivity index (χ0v) is 27.6. The van der Waals surface area contributed by atoms with Crippen LogP contribution in [0.2, 0.25) is 10.0 Å². The number of hydrogen-bond donors (Lipinski definition) is 4. The van der Waals surface area contributed by atoms with Gasteiger partial charge in [-0.1, -0.05) is 89.9 Å². The first-order valence-electron chi connectivity index (χ1n) is 14.9. The second-order valence-electron chi connectivity index (χ2n) is 10.7. The molecule has 0 saturated carbocycles. The number of amides is 3. The number of fused-ring (bicyclic) bond motifs is 1. The summed E-state index contributed by atoms with van der Waals surface area (Å²) in [5.41, 5.74) is 3.75. The maximum atomic E-state index is 13.7. The summed E-state index contributed by atoms with van der Waals surface area (Å²) in [4.78, 5) is 44.4. The zero-order chi connectivity index (χ0) is 33.5. The highest BCUT2D eigenvalue weighted by atomic mass is 35.5. The van der Waals surface area contributed by atoms with Crippen molar-refractivity contribution in [1.29, 1.82) is 0 Å². The van der Waals surface area contributed by atoms with E-state index in [1.807, 2.05) is 66.9 Å². The van der Waals surface area contributed by atoms with Crippen LogP contribution in [0.15, 0.2) is 144 Å². The molecule has 1 unspecified atom stereocenters. The fourth-order valence-corrected chi connectivity index (χ4v) is 6.48. The predicted molar refractivity (Wildman–Crippen MR) is 195 cm³/mol. The van der Waals surface area contributed by atoms with Gasteiger partial charge in [0.25, 0.3) is 11.8 Å². The predicted octanol–water partition coefficient (Wildman–Crippen LogP) is 9.36. The smallest absolute Gasteiger partial charge is 0.272 e. The molecule has 0 saturated heterocycles. The molecule has 6 aromatic rings. The van der Waals surface area contributed by atoms with E-state index in [0.717, 1.165) is 21.4 Å². The van der Waals surface area contributed by atoms with Gasteiger partial charge < -0.3 is 20.9 Å².